The van der Waals surface area contributed by atoms with Crippen molar-refractivity contribution in [2.75, 3.05) is 18.8 Å². The van der Waals surface area contributed by atoms with Crippen LogP contribution in [0.2, 0.25) is 0 Å². The first-order valence-corrected chi connectivity index (χ1v) is 5.70. The second-order valence-corrected chi connectivity index (χ2v) is 3.67. The number of hydrogen-bond donors (Lipinski definition) is 3. The van der Waals surface area contributed by atoms with Gasteiger partial charge in [-0.1, -0.05) is 12.1 Å². The first-order valence-electron chi connectivity index (χ1n) is 5.70. The Morgan fingerprint density at radius 1 is 1.22 bits per heavy atom. The minimum absolute atomic E-state index is 0.0151. The predicted octanol–water partition coefficient (Wildman–Crippen LogP) is 0.534. The highest BCUT2D eigenvalue weighted by atomic mass is 16.2. The van der Waals surface area contributed by atoms with Crippen LogP contribution < -0.4 is 16.4 Å². The van der Waals surface area contributed by atoms with Crippen molar-refractivity contribution in [1.82, 2.24) is 10.6 Å². The summed E-state index contributed by atoms with van der Waals surface area (Å²) in [6.07, 6.45) is 3.04. The number of likely N-dealkylation sites (N-methyl/N-ethyl adjacent to an activating group) is 1. The van der Waals surface area contributed by atoms with Gasteiger partial charge in [-0.25, -0.2) is 0 Å². The van der Waals surface area contributed by atoms with E-state index in [1.807, 2.05) is 19.1 Å². The largest absolute Gasteiger partial charge is 0.399 e. The zero-order chi connectivity index (χ0) is 13.4. The molecule has 0 aliphatic carbocycles. The number of nitrogens with two attached hydrogens (primary N) is 1. The van der Waals surface area contributed by atoms with Crippen LogP contribution in [0.15, 0.2) is 30.3 Å². The Labute approximate surface area is 106 Å². The maximum Gasteiger partial charge on any atom is 0.244 e. The van der Waals surface area contributed by atoms with E-state index >= 15 is 0 Å². The van der Waals surface area contributed by atoms with Crippen LogP contribution in [-0.2, 0) is 9.59 Å². The predicted molar refractivity (Wildman–Crippen MR) is 71.6 cm³/mol. The Kier molecular flexibility index (Phi) is 5.44. The molecule has 0 atom stereocenters. The summed E-state index contributed by atoms with van der Waals surface area (Å²) in [5.41, 5.74) is 7.09. The Morgan fingerprint density at radius 3 is 2.50 bits per heavy atom. The van der Waals surface area contributed by atoms with Gasteiger partial charge in [0.15, 0.2) is 0 Å². The average Bonchev–Trinajstić information content (AvgIpc) is 2.36. The minimum atomic E-state index is -0.307. The number of anilines is 1. The summed E-state index contributed by atoms with van der Waals surface area (Å²) >= 11 is 0. The molecule has 0 heterocycles. The van der Waals surface area contributed by atoms with Gasteiger partial charge in [0.05, 0.1) is 6.54 Å². The van der Waals surface area contributed by atoms with E-state index in [0.717, 1.165) is 5.56 Å². The summed E-state index contributed by atoms with van der Waals surface area (Å²) in [6, 6.07) is 7.13. The third-order valence-electron chi connectivity index (χ3n) is 2.16. The molecule has 0 saturated heterocycles. The quantitative estimate of drug-likeness (QED) is 0.524. The SMILES string of the molecule is CCNC(=O)CNC(=O)/C=C/c1ccc(N)cc1. The van der Waals surface area contributed by atoms with Crippen molar-refractivity contribution in [2.45, 2.75) is 6.92 Å². The number of nitrogen functional groups attached to an aromatic ring is 1. The average molecular weight is 247 g/mol. The Hall–Kier alpha value is -2.30. The van der Waals surface area contributed by atoms with Crippen LogP contribution in [0.25, 0.3) is 6.08 Å². The minimum Gasteiger partial charge on any atom is -0.399 e. The molecular weight excluding hydrogens is 230 g/mol. The molecule has 0 spiro atoms. The van der Waals surface area contributed by atoms with Gasteiger partial charge in [0.2, 0.25) is 11.8 Å². The van der Waals surface area contributed by atoms with E-state index in [0.29, 0.717) is 12.2 Å². The first kappa shape index (κ1) is 13.8. The van der Waals surface area contributed by atoms with Crippen LogP contribution in [0.4, 0.5) is 5.69 Å². The van der Waals surface area contributed by atoms with Gasteiger partial charge in [-0.3, -0.25) is 9.59 Å². The van der Waals surface area contributed by atoms with Gasteiger partial charge in [-0.15, -0.1) is 0 Å². The fourth-order valence-corrected chi connectivity index (χ4v) is 1.27. The van der Waals surface area contributed by atoms with Crippen molar-refractivity contribution < 1.29 is 9.59 Å². The van der Waals surface area contributed by atoms with Gasteiger partial charge in [-0.2, -0.15) is 0 Å². The van der Waals surface area contributed by atoms with Crippen LogP contribution in [0, 0.1) is 0 Å². The molecule has 5 nitrogen and oxygen atoms in total. The van der Waals surface area contributed by atoms with Crippen molar-refractivity contribution in [3.05, 3.63) is 35.9 Å². The monoisotopic (exact) mass is 247 g/mol. The van der Waals surface area contributed by atoms with Gasteiger partial charge in [0.25, 0.3) is 0 Å². The molecule has 1 rings (SSSR count). The molecule has 0 aliphatic rings. The van der Waals surface area contributed by atoms with E-state index < -0.39 is 0 Å². The van der Waals surface area contributed by atoms with Gasteiger partial charge < -0.3 is 16.4 Å². The highest BCUT2D eigenvalue weighted by Crippen LogP contribution is 2.06. The molecule has 2 amide bonds. The Bertz CT molecular complexity index is 438. The molecule has 0 fully saturated rings. The molecule has 0 saturated carbocycles. The molecule has 0 aliphatic heterocycles. The fourth-order valence-electron chi connectivity index (χ4n) is 1.27. The molecule has 18 heavy (non-hydrogen) atoms. The van der Waals surface area contributed by atoms with Crippen molar-refractivity contribution in [3.63, 3.8) is 0 Å². The van der Waals surface area contributed by atoms with E-state index in [1.165, 1.54) is 6.08 Å². The van der Waals surface area contributed by atoms with E-state index in [4.69, 9.17) is 5.73 Å². The molecule has 5 heteroatoms. The number of rotatable bonds is 5. The highest BCUT2D eigenvalue weighted by Gasteiger charge is 2.00. The van der Waals surface area contributed by atoms with Crippen molar-refractivity contribution in [3.8, 4) is 0 Å². The van der Waals surface area contributed by atoms with Crippen LogP contribution in [-0.4, -0.2) is 24.9 Å². The summed E-state index contributed by atoms with van der Waals surface area (Å²) in [4.78, 5) is 22.5. The molecule has 4 N–H and O–H groups in total. The molecular formula is C13H17N3O2. The number of carbonyl (C=O) groups is 2. The van der Waals surface area contributed by atoms with Gasteiger partial charge in [-0.05, 0) is 30.7 Å². The molecule has 0 unspecified atom stereocenters. The molecule has 96 valence electrons. The van der Waals surface area contributed by atoms with Crippen LogP contribution in [0.1, 0.15) is 12.5 Å². The van der Waals surface area contributed by atoms with Crippen molar-refractivity contribution in [2.24, 2.45) is 0 Å². The van der Waals surface area contributed by atoms with Gasteiger partial charge in [0, 0.05) is 18.3 Å². The summed E-state index contributed by atoms with van der Waals surface area (Å²) in [7, 11) is 0. The molecule has 0 radical (unpaired) electrons. The maximum absolute atomic E-state index is 11.4. The van der Waals surface area contributed by atoms with Crippen LogP contribution >= 0.6 is 0 Å². The lowest BCUT2D eigenvalue weighted by Gasteiger charge is -2.02. The topological polar surface area (TPSA) is 84.2 Å². The molecule has 1 aromatic carbocycles. The fraction of sp³-hybridized carbons (Fsp3) is 0.231. The third-order valence-corrected chi connectivity index (χ3v) is 2.16. The highest BCUT2D eigenvalue weighted by molar-refractivity contribution is 5.94. The number of carbonyl (C=O) groups excluding carboxylic acids is 2. The second-order valence-electron chi connectivity index (χ2n) is 3.67. The van der Waals surface area contributed by atoms with E-state index in [9.17, 15) is 9.59 Å². The zero-order valence-electron chi connectivity index (χ0n) is 10.3. The number of benzene rings is 1. The summed E-state index contributed by atoms with van der Waals surface area (Å²) < 4.78 is 0. The maximum atomic E-state index is 11.4. The zero-order valence-corrected chi connectivity index (χ0v) is 10.3. The molecule has 1 aromatic rings. The lowest BCUT2D eigenvalue weighted by Crippen LogP contribution is -2.35. The smallest absolute Gasteiger partial charge is 0.244 e. The summed E-state index contributed by atoms with van der Waals surface area (Å²) in [5, 5.41) is 5.08. The number of hydrogen-bond acceptors (Lipinski definition) is 3. The lowest BCUT2D eigenvalue weighted by molar-refractivity contribution is -0.123. The third kappa shape index (κ3) is 5.16. The van der Waals surface area contributed by atoms with Gasteiger partial charge in [0.1, 0.15) is 0 Å². The lowest BCUT2D eigenvalue weighted by atomic mass is 10.2. The number of nitrogens with one attached hydrogen (secondary N) is 2. The summed E-state index contributed by atoms with van der Waals surface area (Å²) in [6.45, 7) is 2.36. The Morgan fingerprint density at radius 2 is 1.89 bits per heavy atom. The molecule has 0 aromatic heterocycles. The van der Waals surface area contributed by atoms with Crippen LogP contribution in [0.5, 0.6) is 0 Å². The standard InChI is InChI=1S/C13H17N3O2/c1-2-15-13(18)9-16-12(17)8-5-10-3-6-11(14)7-4-10/h3-8H,2,9,14H2,1H3,(H,15,18)(H,16,17)/b8-5+. The summed E-state index contributed by atoms with van der Waals surface area (Å²) in [5.74, 6) is -0.509. The number of amides is 2. The normalized spacial score (nSPS) is 10.3. The van der Waals surface area contributed by atoms with Crippen molar-refractivity contribution in [1.29, 1.82) is 0 Å². The molecule has 0 bridgehead atoms. The van der Waals surface area contributed by atoms with Gasteiger partial charge >= 0.3 is 0 Å². The van der Waals surface area contributed by atoms with E-state index in [-0.39, 0.29) is 18.4 Å². The van der Waals surface area contributed by atoms with E-state index in [2.05, 4.69) is 10.6 Å². The Balaban J connectivity index is 2.40. The first-order chi connectivity index (χ1) is 8.61. The second kappa shape index (κ2) is 7.11. The van der Waals surface area contributed by atoms with E-state index in [1.54, 1.807) is 18.2 Å². The van der Waals surface area contributed by atoms with Crippen molar-refractivity contribution >= 4 is 23.6 Å². The van der Waals surface area contributed by atoms with Crippen LogP contribution in [0.3, 0.4) is 0 Å².